The molecule has 2 heterocycles. The van der Waals surface area contributed by atoms with Crippen molar-refractivity contribution in [2.45, 2.75) is 45.3 Å². The molecule has 0 atom stereocenters. The van der Waals surface area contributed by atoms with Crippen molar-refractivity contribution in [1.29, 1.82) is 0 Å². The third-order valence-corrected chi connectivity index (χ3v) is 6.03. The van der Waals surface area contributed by atoms with E-state index in [-0.39, 0.29) is 12.1 Å². The van der Waals surface area contributed by atoms with Crippen LogP contribution in [-0.4, -0.2) is 35.0 Å². The standard InChI is InChI=1S/C26H31N3O2/c1-2-21-10-12-23(13-11-21)27-26(30)29(20-25-9-6-18-31-25)24-14-16-28(17-15-24)19-22-7-4-3-5-8-22/h3-13,18,24H,2,14-17,19-20H2,1H3,(H,27,30). The number of carbonyl (C=O) groups is 1. The van der Waals surface area contributed by atoms with Crippen LogP contribution in [0, 0.1) is 0 Å². The number of rotatable bonds is 7. The zero-order valence-corrected chi connectivity index (χ0v) is 18.2. The number of likely N-dealkylation sites (tertiary alicyclic amines) is 1. The first-order chi connectivity index (χ1) is 15.2. The number of anilines is 1. The zero-order valence-electron chi connectivity index (χ0n) is 18.2. The van der Waals surface area contributed by atoms with Crippen molar-refractivity contribution in [2.24, 2.45) is 0 Å². The molecule has 31 heavy (non-hydrogen) atoms. The van der Waals surface area contributed by atoms with Gasteiger partial charge in [0.2, 0.25) is 0 Å². The molecule has 1 aliphatic rings. The molecule has 5 nitrogen and oxygen atoms in total. The van der Waals surface area contributed by atoms with Crippen molar-refractivity contribution in [1.82, 2.24) is 9.80 Å². The van der Waals surface area contributed by atoms with Gasteiger partial charge in [0.05, 0.1) is 12.8 Å². The Kier molecular flexibility index (Phi) is 7.05. The Bertz CT molecular complexity index is 931. The van der Waals surface area contributed by atoms with Crippen LogP contribution in [0.3, 0.4) is 0 Å². The van der Waals surface area contributed by atoms with Crippen molar-refractivity contribution in [3.8, 4) is 0 Å². The first kappa shape index (κ1) is 21.2. The van der Waals surface area contributed by atoms with Crippen LogP contribution in [0.2, 0.25) is 0 Å². The van der Waals surface area contributed by atoms with E-state index in [0.717, 1.165) is 50.3 Å². The van der Waals surface area contributed by atoms with Gasteiger partial charge in [-0.1, -0.05) is 49.4 Å². The number of urea groups is 1. The van der Waals surface area contributed by atoms with E-state index in [2.05, 4.69) is 59.6 Å². The molecular weight excluding hydrogens is 386 g/mol. The van der Waals surface area contributed by atoms with Crippen LogP contribution in [0.25, 0.3) is 0 Å². The summed E-state index contributed by atoms with van der Waals surface area (Å²) in [6, 6.07) is 22.6. The number of nitrogens with zero attached hydrogens (tertiary/aromatic N) is 2. The van der Waals surface area contributed by atoms with E-state index in [1.54, 1.807) is 6.26 Å². The van der Waals surface area contributed by atoms with Crippen molar-refractivity contribution in [3.05, 3.63) is 89.9 Å². The van der Waals surface area contributed by atoms with Gasteiger partial charge in [-0.25, -0.2) is 4.79 Å². The van der Waals surface area contributed by atoms with Gasteiger partial charge < -0.3 is 14.6 Å². The average Bonchev–Trinajstić information content (AvgIpc) is 3.33. The molecule has 2 aromatic carbocycles. The largest absolute Gasteiger partial charge is 0.467 e. The summed E-state index contributed by atoms with van der Waals surface area (Å²) in [5.41, 5.74) is 3.42. The van der Waals surface area contributed by atoms with E-state index < -0.39 is 0 Å². The molecule has 0 spiro atoms. The first-order valence-corrected chi connectivity index (χ1v) is 11.2. The Morgan fingerprint density at radius 1 is 1.00 bits per heavy atom. The number of hydrogen-bond donors (Lipinski definition) is 1. The summed E-state index contributed by atoms with van der Waals surface area (Å²) >= 11 is 0. The molecule has 4 rings (SSSR count). The molecule has 0 unspecified atom stereocenters. The van der Waals surface area contributed by atoms with Crippen LogP contribution < -0.4 is 5.32 Å². The highest BCUT2D eigenvalue weighted by Gasteiger charge is 2.29. The molecule has 1 fully saturated rings. The van der Waals surface area contributed by atoms with Gasteiger partial charge >= 0.3 is 6.03 Å². The molecule has 1 aromatic heterocycles. The van der Waals surface area contributed by atoms with Gasteiger partial charge in [0, 0.05) is 31.4 Å². The Hall–Kier alpha value is -3.05. The van der Waals surface area contributed by atoms with E-state index in [9.17, 15) is 4.79 Å². The number of amides is 2. The summed E-state index contributed by atoms with van der Waals surface area (Å²) in [5.74, 6) is 0.809. The summed E-state index contributed by atoms with van der Waals surface area (Å²) in [4.78, 5) is 17.6. The number of aryl methyl sites for hydroxylation is 1. The monoisotopic (exact) mass is 417 g/mol. The second-order valence-corrected chi connectivity index (χ2v) is 8.18. The molecule has 162 valence electrons. The lowest BCUT2D eigenvalue weighted by atomic mass is 10.0. The third-order valence-electron chi connectivity index (χ3n) is 6.03. The van der Waals surface area contributed by atoms with Gasteiger partial charge in [-0.05, 0) is 54.7 Å². The van der Waals surface area contributed by atoms with Crippen molar-refractivity contribution in [3.63, 3.8) is 0 Å². The zero-order chi connectivity index (χ0) is 21.5. The lowest BCUT2D eigenvalue weighted by Crippen LogP contribution is -2.48. The third kappa shape index (κ3) is 5.76. The van der Waals surface area contributed by atoms with E-state index in [1.807, 2.05) is 29.2 Å². The van der Waals surface area contributed by atoms with Crippen molar-refractivity contribution in [2.75, 3.05) is 18.4 Å². The molecule has 5 heteroatoms. The minimum Gasteiger partial charge on any atom is -0.467 e. The van der Waals surface area contributed by atoms with Crippen LogP contribution in [-0.2, 0) is 19.5 Å². The maximum absolute atomic E-state index is 13.2. The predicted octanol–water partition coefficient (Wildman–Crippen LogP) is 5.54. The fraction of sp³-hybridized carbons (Fsp3) is 0.346. The Labute approximate surface area is 184 Å². The van der Waals surface area contributed by atoms with Gasteiger partial charge in [0.25, 0.3) is 0 Å². The maximum atomic E-state index is 13.2. The molecule has 1 aliphatic heterocycles. The molecule has 3 aromatic rings. The summed E-state index contributed by atoms with van der Waals surface area (Å²) in [5, 5.41) is 3.09. The number of carbonyl (C=O) groups excluding carboxylic acids is 1. The number of piperidine rings is 1. The van der Waals surface area contributed by atoms with Crippen LogP contribution in [0.15, 0.2) is 77.4 Å². The lowest BCUT2D eigenvalue weighted by Gasteiger charge is -2.38. The van der Waals surface area contributed by atoms with Gasteiger partial charge in [0.1, 0.15) is 5.76 Å². The second kappa shape index (κ2) is 10.3. The van der Waals surface area contributed by atoms with Gasteiger partial charge in [-0.15, -0.1) is 0 Å². The molecule has 2 amide bonds. The summed E-state index contributed by atoms with van der Waals surface area (Å²) in [6.07, 6.45) is 4.56. The van der Waals surface area contributed by atoms with Crippen LogP contribution in [0.4, 0.5) is 10.5 Å². The lowest BCUT2D eigenvalue weighted by molar-refractivity contribution is 0.115. The Morgan fingerprint density at radius 3 is 2.39 bits per heavy atom. The molecule has 0 aliphatic carbocycles. The summed E-state index contributed by atoms with van der Waals surface area (Å²) in [6.45, 7) is 5.53. The SMILES string of the molecule is CCc1ccc(NC(=O)N(Cc2ccco2)C2CCN(Cc3ccccc3)CC2)cc1. The normalized spacial score (nSPS) is 15.0. The average molecular weight is 418 g/mol. The summed E-state index contributed by atoms with van der Waals surface area (Å²) in [7, 11) is 0. The van der Waals surface area contributed by atoms with E-state index in [1.165, 1.54) is 11.1 Å². The van der Waals surface area contributed by atoms with E-state index in [4.69, 9.17) is 4.42 Å². The molecule has 0 radical (unpaired) electrons. The maximum Gasteiger partial charge on any atom is 0.322 e. The van der Waals surface area contributed by atoms with Crippen molar-refractivity contribution >= 4 is 11.7 Å². The van der Waals surface area contributed by atoms with E-state index >= 15 is 0 Å². The van der Waals surface area contributed by atoms with Gasteiger partial charge in [-0.2, -0.15) is 0 Å². The van der Waals surface area contributed by atoms with Gasteiger partial charge in [0.15, 0.2) is 0 Å². The molecule has 1 N–H and O–H groups in total. The molecule has 1 saturated heterocycles. The number of nitrogens with one attached hydrogen (secondary N) is 1. The number of benzene rings is 2. The number of furan rings is 1. The Morgan fingerprint density at radius 2 is 1.74 bits per heavy atom. The minimum atomic E-state index is -0.0674. The summed E-state index contributed by atoms with van der Waals surface area (Å²) < 4.78 is 5.55. The predicted molar refractivity (Wildman–Crippen MR) is 124 cm³/mol. The smallest absolute Gasteiger partial charge is 0.322 e. The van der Waals surface area contributed by atoms with Crippen molar-refractivity contribution < 1.29 is 9.21 Å². The first-order valence-electron chi connectivity index (χ1n) is 11.2. The van der Waals surface area contributed by atoms with E-state index in [0.29, 0.717) is 6.54 Å². The molecule has 0 saturated carbocycles. The van der Waals surface area contributed by atoms with Crippen LogP contribution in [0.1, 0.15) is 36.7 Å². The fourth-order valence-electron chi connectivity index (χ4n) is 4.19. The Balaban J connectivity index is 1.40. The van der Waals surface area contributed by atoms with Crippen LogP contribution in [0.5, 0.6) is 0 Å². The van der Waals surface area contributed by atoms with Gasteiger partial charge in [-0.3, -0.25) is 4.90 Å². The minimum absolute atomic E-state index is 0.0674. The highest BCUT2D eigenvalue weighted by Crippen LogP contribution is 2.22. The second-order valence-electron chi connectivity index (χ2n) is 8.18. The number of hydrogen-bond acceptors (Lipinski definition) is 3. The quantitative estimate of drug-likeness (QED) is 0.549. The van der Waals surface area contributed by atoms with Crippen LogP contribution >= 0.6 is 0 Å². The molecular formula is C26H31N3O2. The molecule has 0 bridgehead atoms. The highest BCUT2D eigenvalue weighted by molar-refractivity contribution is 5.89. The topological polar surface area (TPSA) is 48.7 Å². The fourth-order valence-corrected chi connectivity index (χ4v) is 4.19. The highest BCUT2D eigenvalue weighted by atomic mass is 16.3.